The van der Waals surface area contributed by atoms with Crippen LogP contribution in [0.3, 0.4) is 0 Å². The summed E-state index contributed by atoms with van der Waals surface area (Å²) in [5.74, 6) is 1.45. The van der Waals surface area contributed by atoms with E-state index in [1.807, 2.05) is 59.5 Å². The van der Waals surface area contributed by atoms with Gasteiger partial charge in [0.15, 0.2) is 0 Å². The number of nitrogens with one attached hydrogen (secondary N) is 3. The van der Waals surface area contributed by atoms with Gasteiger partial charge in [0, 0.05) is 29.9 Å². The summed E-state index contributed by atoms with van der Waals surface area (Å²) in [4.78, 5) is 31.2. The third-order valence-corrected chi connectivity index (χ3v) is 8.52. The monoisotopic (exact) mass is 491 g/mol. The number of para-hydroxylation sites is 1. The first-order valence-corrected chi connectivity index (χ1v) is 13.0. The van der Waals surface area contributed by atoms with Crippen molar-refractivity contribution < 1.29 is 14.3 Å². The Bertz CT molecular complexity index is 1160. The van der Waals surface area contributed by atoms with E-state index >= 15 is 0 Å². The van der Waals surface area contributed by atoms with Crippen molar-refractivity contribution in [1.29, 1.82) is 0 Å². The summed E-state index contributed by atoms with van der Waals surface area (Å²) in [6.07, 6.45) is 1.77. The predicted molar refractivity (Wildman–Crippen MR) is 136 cm³/mol. The zero-order chi connectivity index (χ0) is 23.9. The lowest BCUT2D eigenvalue weighted by molar-refractivity contribution is -0.117. The molecule has 3 N–H and O–H groups in total. The van der Waals surface area contributed by atoms with Gasteiger partial charge in [-0.25, -0.2) is 4.79 Å². The van der Waals surface area contributed by atoms with Gasteiger partial charge in [-0.1, -0.05) is 30.0 Å². The second-order valence-corrected chi connectivity index (χ2v) is 10.7. The minimum absolute atomic E-state index is 0.0127. The van der Waals surface area contributed by atoms with Gasteiger partial charge in [-0.3, -0.25) is 9.69 Å². The van der Waals surface area contributed by atoms with E-state index in [2.05, 4.69) is 27.9 Å². The number of amides is 3. The summed E-state index contributed by atoms with van der Waals surface area (Å²) in [5.41, 5.74) is 1.59. The van der Waals surface area contributed by atoms with E-state index < -0.39 is 0 Å². The van der Waals surface area contributed by atoms with E-state index in [4.69, 9.17) is 4.74 Å². The van der Waals surface area contributed by atoms with Gasteiger partial charge in [0.25, 0.3) is 5.91 Å². The molecule has 182 valence electrons. The first kappa shape index (κ1) is 22.5. The molecule has 35 heavy (non-hydrogen) atoms. The van der Waals surface area contributed by atoms with Gasteiger partial charge in [0.2, 0.25) is 0 Å². The lowest BCUT2D eigenvalue weighted by atomic mass is 9.86. The fourth-order valence-corrected chi connectivity index (χ4v) is 6.93. The van der Waals surface area contributed by atoms with Crippen molar-refractivity contribution in [3.63, 3.8) is 0 Å². The van der Waals surface area contributed by atoms with Gasteiger partial charge < -0.3 is 25.6 Å². The van der Waals surface area contributed by atoms with Crippen molar-refractivity contribution in [3.8, 4) is 11.5 Å². The van der Waals surface area contributed by atoms with Crippen LogP contribution in [-0.2, 0) is 4.79 Å². The normalized spacial score (nSPS) is 28.0. The number of piperidine rings is 1. The number of likely N-dealkylation sites (tertiary alicyclic amines) is 1. The quantitative estimate of drug-likeness (QED) is 0.596. The molecule has 4 aliphatic rings. The molecule has 4 aliphatic heterocycles. The number of urea groups is 1. The third kappa shape index (κ3) is 4.28. The second kappa shape index (κ2) is 9.22. The Morgan fingerprint density at radius 3 is 2.60 bits per heavy atom. The molecule has 4 heterocycles. The van der Waals surface area contributed by atoms with Crippen LogP contribution in [0.2, 0.25) is 0 Å². The molecule has 0 radical (unpaired) electrons. The number of thioether (sulfide) groups is 1. The van der Waals surface area contributed by atoms with Gasteiger partial charge in [0.05, 0.1) is 16.3 Å². The van der Waals surface area contributed by atoms with Crippen LogP contribution in [-0.4, -0.2) is 61.0 Å². The van der Waals surface area contributed by atoms with Crippen LogP contribution < -0.4 is 25.6 Å². The Kier molecular flexibility index (Phi) is 5.91. The van der Waals surface area contributed by atoms with E-state index in [-0.39, 0.29) is 35.3 Å². The summed E-state index contributed by atoms with van der Waals surface area (Å²) in [6.45, 7) is 2.64. The van der Waals surface area contributed by atoms with Crippen LogP contribution in [0.5, 0.6) is 11.5 Å². The molecule has 8 nitrogen and oxygen atoms in total. The Morgan fingerprint density at radius 1 is 1.09 bits per heavy atom. The first-order chi connectivity index (χ1) is 17.1. The van der Waals surface area contributed by atoms with E-state index in [0.717, 1.165) is 49.6 Å². The molecule has 3 saturated heterocycles. The Labute approximate surface area is 209 Å². The van der Waals surface area contributed by atoms with Gasteiger partial charge in [-0.2, -0.15) is 0 Å². The highest BCUT2D eigenvalue weighted by Crippen LogP contribution is 2.48. The second-order valence-electron chi connectivity index (χ2n) is 9.55. The topological polar surface area (TPSA) is 85.9 Å². The molecule has 9 heteroatoms. The Balaban J connectivity index is 1.22. The lowest BCUT2D eigenvalue weighted by Crippen LogP contribution is -2.62. The summed E-state index contributed by atoms with van der Waals surface area (Å²) in [7, 11) is 2.07. The van der Waals surface area contributed by atoms with Gasteiger partial charge in [-0.05, 0) is 69.4 Å². The molecule has 2 aromatic carbocycles. The number of ether oxygens (including phenoxy) is 1. The maximum absolute atomic E-state index is 13.4. The molecule has 4 atom stereocenters. The van der Waals surface area contributed by atoms with Crippen molar-refractivity contribution in [1.82, 2.24) is 20.9 Å². The highest BCUT2D eigenvalue weighted by molar-refractivity contribution is 8.04. The predicted octanol–water partition coefficient (Wildman–Crippen LogP) is 3.09. The minimum atomic E-state index is -0.188. The SMILES string of the molecule is CN1CC[C@H](NC(=O)C2=C3NC(=O)N(c4ccc(Oc5ccccc5)cc4)C4CCNC(S2)C34)C1. The number of hydrogen-bond acceptors (Lipinski definition) is 6. The molecule has 3 fully saturated rings. The molecular formula is C26H29N5O3S. The molecule has 0 saturated carbocycles. The number of carbonyl (C=O) groups is 2. The zero-order valence-corrected chi connectivity index (χ0v) is 20.4. The van der Waals surface area contributed by atoms with Crippen LogP contribution in [0.25, 0.3) is 0 Å². The molecule has 6 rings (SSSR count). The third-order valence-electron chi connectivity index (χ3n) is 7.17. The lowest BCUT2D eigenvalue weighted by Gasteiger charge is -2.45. The first-order valence-electron chi connectivity index (χ1n) is 12.1. The fraction of sp³-hybridized carbons (Fsp3) is 0.385. The molecule has 3 amide bonds. The van der Waals surface area contributed by atoms with Crippen molar-refractivity contribution in [2.45, 2.75) is 30.3 Å². The Hall–Kier alpha value is -3.01. The average Bonchev–Trinajstić information content (AvgIpc) is 3.44. The zero-order valence-electron chi connectivity index (χ0n) is 19.6. The maximum Gasteiger partial charge on any atom is 0.326 e. The number of hydrogen-bond donors (Lipinski definition) is 3. The number of anilines is 1. The standard InChI is InChI=1S/C26H29N5O3S/c1-30-14-12-16(15-30)28-24(32)23-22-21-20(11-13-27-25(21)35-23)31(26(33)29-22)17-7-9-19(10-8-17)34-18-5-3-2-4-6-18/h2-10,16,20-21,25,27H,11-15H2,1H3,(H,28,32)(H,29,33)/t16-,20?,21?,25?/m0/s1. The van der Waals surface area contributed by atoms with Crippen LogP contribution in [0.4, 0.5) is 10.5 Å². The minimum Gasteiger partial charge on any atom is -0.457 e. The summed E-state index contributed by atoms with van der Waals surface area (Å²) >= 11 is 1.55. The van der Waals surface area contributed by atoms with Crippen LogP contribution in [0.15, 0.2) is 65.2 Å². The molecule has 2 aromatic rings. The summed E-state index contributed by atoms with van der Waals surface area (Å²) in [5, 5.41) is 9.88. The molecule has 0 aliphatic carbocycles. The van der Waals surface area contributed by atoms with Gasteiger partial charge in [0.1, 0.15) is 11.5 Å². The number of carbonyl (C=O) groups excluding carboxylic acids is 2. The average molecular weight is 492 g/mol. The van der Waals surface area contributed by atoms with E-state index in [1.165, 1.54) is 0 Å². The van der Waals surface area contributed by atoms with Gasteiger partial charge >= 0.3 is 6.03 Å². The van der Waals surface area contributed by atoms with E-state index in [9.17, 15) is 9.59 Å². The van der Waals surface area contributed by atoms with Crippen molar-refractivity contribution >= 4 is 29.4 Å². The summed E-state index contributed by atoms with van der Waals surface area (Å²) in [6, 6.07) is 17.2. The van der Waals surface area contributed by atoms with Crippen molar-refractivity contribution in [3.05, 3.63) is 65.2 Å². The molecule has 0 bridgehead atoms. The molecule has 3 unspecified atom stereocenters. The smallest absolute Gasteiger partial charge is 0.326 e. The number of benzene rings is 2. The van der Waals surface area contributed by atoms with Crippen LogP contribution in [0.1, 0.15) is 12.8 Å². The molecule has 0 aromatic heterocycles. The summed E-state index contributed by atoms with van der Waals surface area (Å²) < 4.78 is 5.91. The number of likely N-dealkylation sites (N-methyl/N-ethyl adjacent to an activating group) is 1. The van der Waals surface area contributed by atoms with Crippen molar-refractivity contribution in [2.75, 3.05) is 31.6 Å². The highest BCUT2D eigenvalue weighted by Gasteiger charge is 2.51. The Morgan fingerprint density at radius 2 is 1.86 bits per heavy atom. The largest absolute Gasteiger partial charge is 0.457 e. The molecule has 0 spiro atoms. The van der Waals surface area contributed by atoms with Crippen molar-refractivity contribution in [2.24, 2.45) is 5.92 Å². The molecular weight excluding hydrogens is 462 g/mol. The van der Waals surface area contributed by atoms with Crippen LogP contribution >= 0.6 is 11.8 Å². The van der Waals surface area contributed by atoms with E-state index in [0.29, 0.717) is 10.7 Å². The van der Waals surface area contributed by atoms with Gasteiger partial charge in [-0.15, -0.1) is 0 Å². The number of rotatable bonds is 5. The maximum atomic E-state index is 13.4. The number of nitrogens with zero attached hydrogens (tertiary/aromatic N) is 2. The highest BCUT2D eigenvalue weighted by atomic mass is 32.2. The fourth-order valence-electron chi connectivity index (χ4n) is 5.53. The van der Waals surface area contributed by atoms with Crippen LogP contribution in [0, 0.1) is 5.92 Å². The van der Waals surface area contributed by atoms with E-state index in [1.54, 1.807) is 11.8 Å².